The maximum Gasteiger partial charge on any atom is 0.161 e. The van der Waals surface area contributed by atoms with Crippen LogP contribution in [0.4, 0.5) is 0 Å². The fraction of sp³-hybridized carbons (Fsp3) is 0.684. The zero-order chi connectivity index (χ0) is 20.1. The van der Waals surface area contributed by atoms with Crippen molar-refractivity contribution < 1.29 is 20.1 Å². The van der Waals surface area contributed by atoms with Crippen LogP contribution in [0.15, 0.2) is 12.1 Å². The number of hydrogen-bond donors (Lipinski definition) is 1. The van der Waals surface area contributed by atoms with Crippen LogP contribution in [-0.4, -0.2) is 43.4 Å². The first-order chi connectivity index (χ1) is 12.6. The maximum absolute atomic E-state index is 10.8. The van der Waals surface area contributed by atoms with Gasteiger partial charge in [-0.15, -0.1) is 0 Å². The van der Waals surface area contributed by atoms with E-state index >= 15 is 0 Å². The summed E-state index contributed by atoms with van der Waals surface area (Å²) in [4.78, 5) is 1.78. The molecule has 1 fully saturated rings. The van der Waals surface area contributed by atoms with E-state index in [1.54, 1.807) is 4.90 Å². The number of nitrogens with zero attached hydrogens (tertiary/aromatic N) is 1. The van der Waals surface area contributed by atoms with E-state index in [-0.39, 0.29) is 29.5 Å². The largest absolute Gasteiger partial charge is 0.493 e. The SMILES string of the molecule is [2H]c1c2c(c([2H])c(OC)c1OC)C1CC(O)C(CC(C)C)C([2H])([2H])N1CC2. The lowest BCUT2D eigenvalue weighted by Gasteiger charge is -2.46. The fourth-order valence-electron chi connectivity index (χ4n) is 3.64. The van der Waals surface area contributed by atoms with Gasteiger partial charge in [-0.1, -0.05) is 13.8 Å². The number of piperidine rings is 1. The minimum Gasteiger partial charge on any atom is -0.493 e. The summed E-state index contributed by atoms with van der Waals surface area (Å²) >= 11 is 0. The van der Waals surface area contributed by atoms with E-state index in [4.69, 9.17) is 15.0 Å². The van der Waals surface area contributed by atoms with Gasteiger partial charge in [0.2, 0.25) is 0 Å². The van der Waals surface area contributed by atoms with E-state index in [1.807, 2.05) is 13.8 Å². The van der Waals surface area contributed by atoms with Crippen molar-refractivity contribution in [2.24, 2.45) is 11.8 Å². The molecule has 0 amide bonds. The van der Waals surface area contributed by atoms with E-state index in [1.165, 1.54) is 14.2 Å². The Hall–Kier alpha value is -1.26. The molecular formula is C19H29NO3. The predicted molar refractivity (Wildman–Crippen MR) is 91.1 cm³/mol. The zero-order valence-electron chi connectivity index (χ0n) is 18.3. The summed E-state index contributed by atoms with van der Waals surface area (Å²) in [5, 5.41) is 10.8. The van der Waals surface area contributed by atoms with Crippen molar-refractivity contribution in [2.75, 3.05) is 27.3 Å². The number of benzene rings is 1. The van der Waals surface area contributed by atoms with Crippen LogP contribution in [0, 0.1) is 11.8 Å². The standard InChI is InChI=1S/C19H29NO3/c1-12(2)7-14-11-20-6-5-13-8-18(22-3)19(23-4)9-15(13)16(20)10-17(14)21/h8-9,12,14,16-17,21H,5-7,10-11H2,1-4H3/i8D,9D,11D2. The van der Waals surface area contributed by atoms with Crippen molar-refractivity contribution in [2.45, 2.75) is 45.3 Å². The van der Waals surface area contributed by atoms with Crippen LogP contribution in [0.25, 0.3) is 0 Å². The van der Waals surface area contributed by atoms with Crippen molar-refractivity contribution in [3.63, 3.8) is 0 Å². The first-order valence-corrected chi connectivity index (χ1v) is 8.33. The second kappa shape index (κ2) is 6.70. The van der Waals surface area contributed by atoms with Crippen molar-refractivity contribution in [3.05, 3.63) is 23.2 Å². The van der Waals surface area contributed by atoms with Gasteiger partial charge < -0.3 is 14.6 Å². The molecule has 1 aromatic rings. The molecule has 0 bridgehead atoms. The molecule has 0 spiro atoms. The van der Waals surface area contributed by atoms with Gasteiger partial charge in [0.15, 0.2) is 11.5 Å². The highest BCUT2D eigenvalue weighted by Crippen LogP contribution is 2.43. The average Bonchev–Trinajstić information content (AvgIpc) is 2.60. The van der Waals surface area contributed by atoms with Gasteiger partial charge in [0, 0.05) is 21.8 Å². The number of rotatable bonds is 4. The van der Waals surface area contributed by atoms with Crippen molar-refractivity contribution in [3.8, 4) is 11.5 Å². The number of methoxy groups -OCH3 is 2. The van der Waals surface area contributed by atoms with Gasteiger partial charge in [-0.3, -0.25) is 4.90 Å². The first-order valence-electron chi connectivity index (χ1n) is 10.3. The second-order valence-electron chi connectivity index (χ2n) is 6.84. The molecule has 4 heteroatoms. The smallest absolute Gasteiger partial charge is 0.161 e. The normalized spacial score (nSPS) is 32.2. The summed E-state index contributed by atoms with van der Waals surface area (Å²) in [5.74, 6) is 0.249. The molecule has 128 valence electrons. The van der Waals surface area contributed by atoms with Crippen LogP contribution in [-0.2, 0) is 6.42 Å². The number of aliphatic hydroxyl groups excluding tert-OH is 1. The third-order valence-corrected chi connectivity index (χ3v) is 4.75. The Bertz CT molecular complexity index is 726. The third kappa shape index (κ3) is 3.20. The van der Waals surface area contributed by atoms with E-state index in [2.05, 4.69) is 0 Å². The molecule has 1 aromatic carbocycles. The van der Waals surface area contributed by atoms with Crippen LogP contribution in [0.2, 0.25) is 0 Å². The minimum atomic E-state index is -1.67. The van der Waals surface area contributed by atoms with Crippen molar-refractivity contribution >= 4 is 0 Å². The van der Waals surface area contributed by atoms with Crippen LogP contribution < -0.4 is 9.47 Å². The summed E-state index contributed by atoms with van der Waals surface area (Å²) in [6.45, 7) is 2.84. The van der Waals surface area contributed by atoms with Gasteiger partial charge in [0.05, 0.1) is 23.1 Å². The Morgan fingerprint density at radius 2 is 2.04 bits per heavy atom. The molecule has 0 aromatic heterocycles. The number of aliphatic hydroxyl groups is 1. The molecule has 1 N–H and O–H groups in total. The molecule has 2 heterocycles. The summed E-state index contributed by atoms with van der Waals surface area (Å²) < 4.78 is 45.2. The van der Waals surface area contributed by atoms with E-state index in [0.717, 1.165) is 0 Å². The lowest BCUT2D eigenvalue weighted by molar-refractivity contribution is -0.0191. The van der Waals surface area contributed by atoms with Crippen LogP contribution in [0.5, 0.6) is 11.5 Å². The third-order valence-electron chi connectivity index (χ3n) is 4.75. The molecule has 0 saturated carbocycles. The highest BCUT2D eigenvalue weighted by atomic mass is 16.5. The summed E-state index contributed by atoms with van der Waals surface area (Å²) in [6, 6.07) is -0.127. The Morgan fingerprint density at radius 3 is 2.70 bits per heavy atom. The summed E-state index contributed by atoms with van der Waals surface area (Å²) in [7, 11) is 2.90. The molecule has 0 radical (unpaired) electrons. The number of hydrogen-bond acceptors (Lipinski definition) is 4. The molecule has 3 rings (SSSR count). The quantitative estimate of drug-likeness (QED) is 0.925. The Balaban J connectivity index is 2.11. The molecule has 23 heavy (non-hydrogen) atoms. The molecular weight excluding hydrogens is 290 g/mol. The number of fused-ring (bicyclic) bond motifs is 3. The van der Waals surface area contributed by atoms with E-state index < -0.39 is 24.6 Å². The lowest BCUT2D eigenvalue weighted by Crippen LogP contribution is -2.48. The molecule has 1 saturated heterocycles. The highest BCUT2D eigenvalue weighted by Gasteiger charge is 2.38. The van der Waals surface area contributed by atoms with Gasteiger partial charge in [-0.05, 0) is 54.3 Å². The van der Waals surface area contributed by atoms with Gasteiger partial charge >= 0.3 is 0 Å². The lowest BCUT2D eigenvalue weighted by atomic mass is 9.79. The maximum atomic E-state index is 10.8. The first kappa shape index (κ1) is 12.2. The molecule has 2 aliphatic rings. The molecule has 3 atom stereocenters. The topological polar surface area (TPSA) is 41.9 Å². The molecule has 2 aliphatic heterocycles. The van der Waals surface area contributed by atoms with Gasteiger partial charge in [0.25, 0.3) is 0 Å². The predicted octanol–water partition coefficient (Wildman–Crippen LogP) is 3.03. The highest BCUT2D eigenvalue weighted by molar-refractivity contribution is 5.49. The zero-order valence-corrected chi connectivity index (χ0v) is 14.3. The Morgan fingerprint density at radius 1 is 1.35 bits per heavy atom. The van der Waals surface area contributed by atoms with Gasteiger partial charge in [-0.2, -0.15) is 0 Å². The van der Waals surface area contributed by atoms with Gasteiger partial charge in [-0.25, -0.2) is 0 Å². The second-order valence-corrected chi connectivity index (χ2v) is 6.84. The number of ether oxygens (including phenoxy) is 2. The molecule has 4 nitrogen and oxygen atoms in total. The monoisotopic (exact) mass is 323 g/mol. The van der Waals surface area contributed by atoms with Crippen LogP contribution >= 0.6 is 0 Å². The summed E-state index contributed by atoms with van der Waals surface area (Å²) in [6.07, 6.45) is 0.635. The Labute approximate surface area is 145 Å². The average molecular weight is 323 g/mol. The summed E-state index contributed by atoms with van der Waals surface area (Å²) in [5.41, 5.74) is 1.29. The van der Waals surface area contributed by atoms with Crippen molar-refractivity contribution in [1.82, 2.24) is 4.90 Å². The fourth-order valence-corrected chi connectivity index (χ4v) is 3.64. The van der Waals surface area contributed by atoms with Crippen LogP contribution in [0.3, 0.4) is 0 Å². The molecule has 3 unspecified atom stereocenters. The van der Waals surface area contributed by atoms with E-state index in [0.29, 0.717) is 36.9 Å². The van der Waals surface area contributed by atoms with Gasteiger partial charge in [0.1, 0.15) is 0 Å². The molecule has 0 aliphatic carbocycles. The van der Waals surface area contributed by atoms with Crippen molar-refractivity contribution in [1.29, 1.82) is 0 Å². The van der Waals surface area contributed by atoms with E-state index in [9.17, 15) is 5.11 Å². The minimum absolute atomic E-state index is 0.125. The Kier molecular flexibility index (Phi) is 3.54. The van der Waals surface area contributed by atoms with Crippen LogP contribution in [0.1, 0.15) is 49.3 Å².